The van der Waals surface area contributed by atoms with Crippen molar-refractivity contribution in [2.24, 2.45) is 0 Å². The van der Waals surface area contributed by atoms with Crippen LogP contribution < -0.4 is 15.4 Å². The Hall–Kier alpha value is -4.02. The Morgan fingerprint density at radius 2 is 1.78 bits per heavy atom. The Bertz CT molecular complexity index is 1120. The molecule has 1 heterocycles. The maximum Gasteiger partial charge on any atom is 0.262 e. The van der Waals surface area contributed by atoms with Crippen LogP contribution in [0.25, 0.3) is 6.08 Å². The smallest absolute Gasteiger partial charge is 0.262 e. The number of hydrogen-bond acceptors (Lipinski definition) is 5. The third-order valence-electron chi connectivity index (χ3n) is 4.33. The van der Waals surface area contributed by atoms with Crippen LogP contribution >= 0.6 is 11.6 Å². The number of hydrogen-bond donors (Lipinski definition) is 2. The van der Waals surface area contributed by atoms with Crippen molar-refractivity contribution in [1.82, 2.24) is 10.6 Å². The molecule has 2 N–H and O–H groups in total. The van der Waals surface area contributed by atoms with E-state index in [1.807, 2.05) is 6.07 Å². The molecule has 1 aromatic heterocycles. The summed E-state index contributed by atoms with van der Waals surface area (Å²) in [5.41, 5.74) is 1.50. The van der Waals surface area contributed by atoms with Gasteiger partial charge in [0.2, 0.25) is 0 Å². The molecule has 0 aliphatic carbocycles. The number of nitriles is 1. The quantitative estimate of drug-likeness (QED) is 0.381. The van der Waals surface area contributed by atoms with Gasteiger partial charge in [-0.15, -0.1) is 0 Å². The Morgan fingerprint density at radius 3 is 2.44 bits per heavy atom. The molecule has 0 saturated heterocycles. The Balaban J connectivity index is 1.49. The molecule has 7 nitrogen and oxygen atoms in total. The lowest BCUT2D eigenvalue weighted by Crippen LogP contribution is -2.28. The van der Waals surface area contributed by atoms with Crippen LogP contribution in [0.15, 0.2) is 76.9 Å². The van der Waals surface area contributed by atoms with E-state index in [-0.39, 0.29) is 31.2 Å². The molecular formula is C24H20ClN3O4. The van der Waals surface area contributed by atoms with Gasteiger partial charge >= 0.3 is 0 Å². The first-order chi connectivity index (χ1) is 15.5. The number of ether oxygens (including phenoxy) is 1. The van der Waals surface area contributed by atoms with Gasteiger partial charge in [-0.3, -0.25) is 9.59 Å². The van der Waals surface area contributed by atoms with Crippen LogP contribution in [0.1, 0.15) is 16.9 Å². The third kappa shape index (κ3) is 7.04. The number of nitrogens with zero attached hydrogens (tertiary/aromatic N) is 1. The first-order valence-electron chi connectivity index (χ1n) is 9.70. The molecule has 0 bridgehead atoms. The summed E-state index contributed by atoms with van der Waals surface area (Å²) in [6, 6.07) is 19.2. The van der Waals surface area contributed by atoms with E-state index in [9.17, 15) is 14.9 Å². The minimum absolute atomic E-state index is 0.0232. The lowest BCUT2D eigenvalue weighted by atomic mass is 10.1. The average Bonchev–Trinajstić information content (AvgIpc) is 3.34. The maximum absolute atomic E-state index is 12.3. The SMILES string of the molecule is N#C/C(=C\c1ccc(OCC(=O)NCc2ccco2)cc1)C(=O)NCc1ccc(Cl)cc1. The van der Waals surface area contributed by atoms with Crippen LogP contribution in [0, 0.1) is 11.3 Å². The number of furan rings is 1. The molecule has 0 fully saturated rings. The summed E-state index contributed by atoms with van der Waals surface area (Å²) in [5.74, 6) is 0.381. The van der Waals surface area contributed by atoms with Crippen molar-refractivity contribution in [1.29, 1.82) is 5.26 Å². The third-order valence-corrected chi connectivity index (χ3v) is 4.58. The zero-order chi connectivity index (χ0) is 22.8. The van der Waals surface area contributed by atoms with Crippen LogP contribution in [0.2, 0.25) is 5.02 Å². The van der Waals surface area contributed by atoms with E-state index in [0.717, 1.165) is 5.56 Å². The molecule has 0 spiro atoms. The highest BCUT2D eigenvalue weighted by Gasteiger charge is 2.09. The topological polar surface area (TPSA) is 104 Å². The molecule has 3 rings (SSSR count). The monoisotopic (exact) mass is 449 g/mol. The fourth-order valence-corrected chi connectivity index (χ4v) is 2.78. The zero-order valence-corrected chi connectivity index (χ0v) is 17.8. The molecule has 0 saturated carbocycles. The molecule has 2 amide bonds. The van der Waals surface area contributed by atoms with E-state index in [4.69, 9.17) is 20.8 Å². The van der Waals surface area contributed by atoms with Crippen molar-refractivity contribution in [2.45, 2.75) is 13.1 Å². The van der Waals surface area contributed by atoms with Crippen LogP contribution in [0.4, 0.5) is 0 Å². The van der Waals surface area contributed by atoms with Gasteiger partial charge < -0.3 is 19.8 Å². The average molecular weight is 450 g/mol. The molecule has 162 valence electrons. The minimum Gasteiger partial charge on any atom is -0.484 e. The minimum atomic E-state index is -0.476. The van der Waals surface area contributed by atoms with Gasteiger partial charge in [0.05, 0.1) is 12.8 Å². The van der Waals surface area contributed by atoms with Crippen molar-refractivity contribution in [3.05, 3.63) is 94.4 Å². The standard InChI is InChI=1S/C24H20ClN3O4/c25-20-7-3-18(4-8-20)14-28-24(30)19(13-26)12-17-5-9-21(10-6-17)32-16-23(29)27-15-22-2-1-11-31-22/h1-12H,14-16H2,(H,27,29)(H,28,30)/b19-12+. The molecule has 0 atom stereocenters. The van der Waals surface area contributed by atoms with Gasteiger partial charge in [-0.25, -0.2) is 0 Å². The second-order valence-electron chi connectivity index (χ2n) is 6.69. The Morgan fingerprint density at radius 1 is 1.03 bits per heavy atom. The molecule has 0 aliphatic rings. The van der Waals surface area contributed by atoms with Gasteiger partial charge in [0, 0.05) is 11.6 Å². The van der Waals surface area contributed by atoms with Gasteiger partial charge in [0.15, 0.2) is 6.61 Å². The Labute approximate surface area is 190 Å². The van der Waals surface area contributed by atoms with Crippen LogP contribution in [-0.2, 0) is 22.7 Å². The number of carbonyl (C=O) groups excluding carboxylic acids is 2. The predicted octanol–water partition coefficient (Wildman–Crippen LogP) is 3.85. The van der Waals surface area contributed by atoms with E-state index >= 15 is 0 Å². The van der Waals surface area contributed by atoms with E-state index in [0.29, 0.717) is 22.1 Å². The summed E-state index contributed by atoms with van der Waals surface area (Å²) in [6.45, 7) is 0.423. The van der Waals surface area contributed by atoms with Gasteiger partial charge in [-0.1, -0.05) is 35.9 Å². The molecule has 0 radical (unpaired) electrons. The number of nitrogens with one attached hydrogen (secondary N) is 2. The summed E-state index contributed by atoms with van der Waals surface area (Å²) in [7, 11) is 0. The second kappa shape index (κ2) is 11.4. The molecule has 0 aliphatic heterocycles. The van der Waals surface area contributed by atoms with E-state index in [1.54, 1.807) is 60.7 Å². The van der Waals surface area contributed by atoms with Crippen LogP contribution in [-0.4, -0.2) is 18.4 Å². The maximum atomic E-state index is 12.3. The van der Waals surface area contributed by atoms with E-state index in [2.05, 4.69) is 10.6 Å². The fraction of sp³-hybridized carbons (Fsp3) is 0.125. The summed E-state index contributed by atoms with van der Waals surface area (Å²) in [5, 5.41) is 15.3. The van der Waals surface area contributed by atoms with Gasteiger partial charge in [0.25, 0.3) is 11.8 Å². The molecule has 3 aromatic rings. The number of benzene rings is 2. The van der Waals surface area contributed by atoms with Gasteiger partial charge in [-0.05, 0) is 53.6 Å². The van der Waals surface area contributed by atoms with Crippen molar-refractivity contribution in [3.8, 4) is 11.8 Å². The van der Waals surface area contributed by atoms with Crippen LogP contribution in [0.3, 0.4) is 0 Å². The highest BCUT2D eigenvalue weighted by molar-refractivity contribution is 6.30. The first kappa shape index (κ1) is 22.7. The van der Waals surface area contributed by atoms with Crippen LogP contribution in [0.5, 0.6) is 5.75 Å². The van der Waals surface area contributed by atoms with Crippen molar-refractivity contribution in [2.75, 3.05) is 6.61 Å². The zero-order valence-electron chi connectivity index (χ0n) is 17.0. The van der Waals surface area contributed by atoms with Crippen molar-refractivity contribution < 1.29 is 18.7 Å². The van der Waals surface area contributed by atoms with Gasteiger partial charge in [-0.2, -0.15) is 5.26 Å². The molecular weight excluding hydrogens is 430 g/mol. The molecule has 32 heavy (non-hydrogen) atoms. The number of amides is 2. The highest BCUT2D eigenvalue weighted by atomic mass is 35.5. The second-order valence-corrected chi connectivity index (χ2v) is 7.13. The molecule has 2 aromatic carbocycles. The molecule has 0 unspecified atom stereocenters. The van der Waals surface area contributed by atoms with Crippen molar-refractivity contribution in [3.63, 3.8) is 0 Å². The summed E-state index contributed by atoms with van der Waals surface area (Å²) >= 11 is 5.85. The fourth-order valence-electron chi connectivity index (χ4n) is 2.65. The highest BCUT2D eigenvalue weighted by Crippen LogP contribution is 2.15. The first-order valence-corrected chi connectivity index (χ1v) is 10.1. The number of rotatable bonds is 9. The normalized spacial score (nSPS) is 10.8. The van der Waals surface area contributed by atoms with E-state index < -0.39 is 5.91 Å². The molecule has 8 heteroatoms. The number of carbonyl (C=O) groups is 2. The lowest BCUT2D eigenvalue weighted by Gasteiger charge is -2.07. The summed E-state index contributed by atoms with van der Waals surface area (Å²) < 4.78 is 10.6. The summed E-state index contributed by atoms with van der Waals surface area (Å²) in [6.07, 6.45) is 3.02. The van der Waals surface area contributed by atoms with Gasteiger partial charge in [0.1, 0.15) is 23.2 Å². The van der Waals surface area contributed by atoms with E-state index in [1.165, 1.54) is 12.3 Å². The predicted molar refractivity (Wildman–Crippen MR) is 119 cm³/mol. The Kier molecular flexibility index (Phi) is 8.07. The number of halogens is 1. The lowest BCUT2D eigenvalue weighted by molar-refractivity contribution is -0.123. The largest absolute Gasteiger partial charge is 0.484 e. The van der Waals surface area contributed by atoms with Crippen molar-refractivity contribution >= 4 is 29.5 Å². The summed E-state index contributed by atoms with van der Waals surface area (Å²) in [4.78, 5) is 24.2.